The normalized spacial score (nSPS) is 27.4. The van der Waals surface area contributed by atoms with Crippen molar-refractivity contribution < 1.29 is 36.9 Å². The fraction of sp³-hybridized carbons (Fsp3) is 0.525. The number of alkyl halides is 3. The molecule has 2 bridgehead atoms. The van der Waals surface area contributed by atoms with Crippen LogP contribution < -0.4 is 26.8 Å². The first-order chi connectivity index (χ1) is 26.8. The Labute approximate surface area is 329 Å². The predicted octanol–water partition coefficient (Wildman–Crippen LogP) is 5.72. The lowest BCUT2D eigenvalue weighted by Gasteiger charge is -2.63. The Hall–Kier alpha value is -4.90. The molecule has 4 fully saturated rings. The molecule has 2 unspecified atom stereocenters. The first-order valence-electron chi connectivity index (χ1n) is 19.3. The van der Waals surface area contributed by atoms with Gasteiger partial charge in [-0.05, 0) is 80.2 Å². The van der Waals surface area contributed by atoms with E-state index in [1.807, 2.05) is 6.92 Å². The van der Waals surface area contributed by atoms with E-state index in [0.717, 1.165) is 25.0 Å². The Morgan fingerprint density at radius 2 is 1.79 bits per heavy atom. The summed E-state index contributed by atoms with van der Waals surface area (Å²) in [7, 11) is 2.47. The number of carbonyl (C=O) groups is 3. The Morgan fingerprint density at radius 1 is 1.05 bits per heavy atom. The molecule has 1 aromatic heterocycles. The van der Waals surface area contributed by atoms with E-state index in [0.29, 0.717) is 18.3 Å². The highest BCUT2D eigenvalue weighted by Crippen LogP contribution is 2.64. The van der Waals surface area contributed by atoms with Crippen molar-refractivity contribution in [1.29, 1.82) is 0 Å². The Kier molecular flexibility index (Phi) is 10.2. The van der Waals surface area contributed by atoms with Gasteiger partial charge in [-0.25, -0.2) is 9.78 Å². The Morgan fingerprint density at radius 3 is 2.47 bits per heavy atom. The van der Waals surface area contributed by atoms with Crippen molar-refractivity contribution >= 4 is 36.3 Å². The van der Waals surface area contributed by atoms with Gasteiger partial charge in [0, 0.05) is 27.1 Å². The fourth-order valence-electron chi connectivity index (χ4n) is 9.21. The van der Waals surface area contributed by atoms with E-state index in [1.54, 1.807) is 45.3 Å². The predicted molar refractivity (Wildman–Crippen MR) is 207 cm³/mol. The number of para-hydroxylation sites is 1. The molecule has 3 aliphatic carbocycles. The van der Waals surface area contributed by atoms with E-state index < -0.39 is 59.5 Å². The first kappa shape index (κ1) is 40.3. The molecule has 57 heavy (non-hydrogen) atoms. The second-order valence-electron chi connectivity index (χ2n) is 17.0. The zero-order chi connectivity index (χ0) is 41.2. The molecule has 4 amide bonds. The molecular formula is C40H49BF3N7O6. The maximum absolute atomic E-state index is 14.4. The number of halogens is 3. The standard InChI is InChI=1S/C40H49BF3N7O6/c1-8-30(41-56-31-26-17-24(37(26,2)3)18-39(31,5)57-41)48-32(52)29-19-38(4,49-36(55)47-27-15-10-9-14-25(27)33(53)50(6)7)35-46-21-28(34(54)51(29)35)45-20-22-12-11-13-23(16-22)40(42,43)44/h9-16,21,24,26,29-31,45H,8,17-20H2,1-7H3,(H,48,52)(H2,47,49,55)/t24?,26?,29-,30-,31+,38+,39-/m0/s1. The van der Waals surface area contributed by atoms with Crippen LogP contribution in [0.25, 0.3) is 0 Å². The highest BCUT2D eigenvalue weighted by molar-refractivity contribution is 6.47. The maximum atomic E-state index is 14.4. The van der Waals surface area contributed by atoms with Crippen LogP contribution in [0, 0.1) is 17.3 Å². The van der Waals surface area contributed by atoms with E-state index >= 15 is 0 Å². The average molecular weight is 792 g/mol. The molecule has 304 valence electrons. The van der Waals surface area contributed by atoms with Gasteiger partial charge >= 0.3 is 19.3 Å². The lowest BCUT2D eigenvalue weighted by atomic mass is 9.45. The minimum atomic E-state index is -4.55. The van der Waals surface area contributed by atoms with Gasteiger partial charge in [-0.15, -0.1) is 0 Å². The summed E-state index contributed by atoms with van der Waals surface area (Å²) in [5.74, 6) is -0.468. The van der Waals surface area contributed by atoms with Crippen molar-refractivity contribution in [3.05, 3.63) is 87.6 Å². The topological polar surface area (TPSA) is 156 Å². The van der Waals surface area contributed by atoms with Crippen LogP contribution >= 0.6 is 0 Å². The maximum Gasteiger partial charge on any atom is 0.481 e. The number of rotatable bonds is 10. The minimum absolute atomic E-state index is 0.0492. The first-order valence-corrected chi connectivity index (χ1v) is 19.3. The van der Waals surface area contributed by atoms with Crippen LogP contribution in [0.2, 0.25) is 0 Å². The summed E-state index contributed by atoms with van der Waals surface area (Å²) in [5.41, 5.74) is -2.47. The summed E-state index contributed by atoms with van der Waals surface area (Å²) < 4.78 is 54.6. The number of amides is 4. The number of hydrogen-bond acceptors (Lipinski definition) is 8. The van der Waals surface area contributed by atoms with Crippen molar-refractivity contribution in [1.82, 2.24) is 25.1 Å². The third-order valence-corrected chi connectivity index (χ3v) is 12.6. The van der Waals surface area contributed by atoms with E-state index in [9.17, 15) is 32.3 Å². The molecule has 13 nitrogen and oxygen atoms in total. The lowest BCUT2D eigenvalue weighted by molar-refractivity contribution is -0.185. The van der Waals surface area contributed by atoms with Crippen molar-refractivity contribution in [3.8, 4) is 0 Å². The van der Waals surface area contributed by atoms with Gasteiger partial charge in [-0.1, -0.05) is 45.0 Å². The monoisotopic (exact) mass is 791 g/mol. The molecule has 2 aliphatic heterocycles. The zero-order valence-electron chi connectivity index (χ0n) is 33.1. The third-order valence-electron chi connectivity index (χ3n) is 12.6. The van der Waals surface area contributed by atoms with E-state index in [1.165, 1.54) is 27.8 Å². The molecule has 2 aromatic carbocycles. The molecule has 17 heteroatoms. The van der Waals surface area contributed by atoms with Gasteiger partial charge in [-0.3, -0.25) is 19.0 Å². The minimum Gasteiger partial charge on any atom is -0.404 e. The second-order valence-corrected chi connectivity index (χ2v) is 17.0. The number of nitrogens with zero attached hydrogens (tertiary/aromatic N) is 3. The molecular weight excluding hydrogens is 742 g/mol. The molecule has 3 saturated carbocycles. The van der Waals surface area contributed by atoms with Crippen LogP contribution in [0.3, 0.4) is 0 Å². The van der Waals surface area contributed by atoms with E-state index in [2.05, 4.69) is 47.0 Å². The highest BCUT2D eigenvalue weighted by atomic mass is 19.4. The Bertz CT molecular complexity index is 2150. The SMILES string of the molecule is CC[C@H](NC(=O)[C@@H]1C[C@@](C)(NC(=O)Nc2ccccc2C(=O)N(C)C)c2ncc(NCc3cccc(C(F)(F)F)c3)c(=O)n21)B1O[C@@H]2C3CC(C[C@]2(C)O1)C3(C)C. The van der Waals surface area contributed by atoms with Gasteiger partial charge < -0.3 is 35.5 Å². The van der Waals surface area contributed by atoms with Gasteiger partial charge in [0.25, 0.3) is 11.5 Å². The fourth-order valence-corrected chi connectivity index (χ4v) is 9.21. The van der Waals surface area contributed by atoms with Gasteiger partial charge in [0.05, 0.1) is 46.2 Å². The quantitative estimate of drug-likeness (QED) is 0.190. The molecule has 8 rings (SSSR count). The van der Waals surface area contributed by atoms with Gasteiger partial charge in [0.2, 0.25) is 5.91 Å². The smallest absolute Gasteiger partial charge is 0.404 e. The largest absolute Gasteiger partial charge is 0.481 e. The number of nitrogens with one attached hydrogen (secondary N) is 4. The zero-order valence-corrected chi connectivity index (χ0v) is 33.1. The molecule has 4 N–H and O–H groups in total. The van der Waals surface area contributed by atoms with Crippen molar-refractivity contribution in [3.63, 3.8) is 0 Å². The number of carbonyl (C=O) groups excluding carboxylic acids is 3. The molecule has 5 aliphatic rings. The summed E-state index contributed by atoms with van der Waals surface area (Å²) in [6, 6.07) is 9.38. The molecule has 3 aromatic rings. The van der Waals surface area contributed by atoms with E-state index in [4.69, 9.17) is 9.31 Å². The van der Waals surface area contributed by atoms with Crippen LogP contribution in [-0.2, 0) is 32.4 Å². The molecule has 0 spiro atoms. The molecule has 0 radical (unpaired) electrons. The average Bonchev–Trinajstić information content (AvgIpc) is 3.67. The van der Waals surface area contributed by atoms with Crippen LogP contribution in [0.4, 0.5) is 29.3 Å². The number of hydrogen-bond donors (Lipinski definition) is 4. The van der Waals surface area contributed by atoms with Gasteiger partial charge in [-0.2, -0.15) is 13.2 Å². The Balaban J connectivity index is 1.16. The number of urea groups is 1. The third kappa shape index (κ3) is 7.28. The summed E-state index contributed by atoms with van der Waals surface area (Å²) in [6.07, 6.45) is -1.11. The molecule has 3 heterocycles. The lowest BCUT2D eigenvalue weighted by Crippen LogP contribution is -2.63. The van der Waals surface area contributed by atoms with Crippen LogP contribution in [0.1, 0.15) is 93.7 Å². The van der Waals surface area contributed by atoms with E-state index in [-0.39, 0.29) is 58.7 Å². The van der Waals surface area contributed by atoms with Crippen molar-refractivity contribution in [2.45, 2.75) is 102 Å². The van der Waals surface area contributed by atoms with Crippen molar-refractivity contribution in [2.75, 3.05) is 24.7 Å². The van der Waals surface area contributed by atoms with Crippen LogP contribution in [0.5, 0.6) is 0 Å². The summed E-state index contributed by atoms with van der Waals surface area (Å²) in [6.45, 7) is 10.0. The summed E-state index contributed by atoms with van der Waals surface area (Å²) in [5, 5.41) is 11.6. The second kappa shape index (κ2) is 14.5. The van der Waals surface area contributed by atoms with Crippen molar-refractivity contribution in [2.24, 2.45) is 17.3 Å². The van der Waals surface area contributed by atoms with Crippen LogP contribution in [-0.4, -0.2) is 71.2 Å². The number of fused-ring (bicyclic) bond motifs is 1. The summed E-state index contributed by atoms with van der Waals surface area (Å²) >= 11 is 0. The number of aromatic nitrogens is 2. The highest BCUT2D eigenvalue weighted by Gasteiger charge is 2.67. The number of benzene rings is 2. The molecule has 7 atom stereocenters. The van der Waals surface area contributed by atoms with Gasteiger partial charge in [0.15, 0.2) is 0 Å². The molecule has 1 saturated heterocycles. The van der Waals surface area contributed by atoms with Crippen LogP contribution in [0.15, 0.2) is 59.5 Å². The number of anilines is 2. The summed E-state index contributed by atoms with van der Waals surface area (Å²) in [4.78, 5) is 61.1. The van der Waals surface area contributed by atoms with Gasteiger partial charge in [0.1, 0.15) is 17.6 Å².